The van der Waals surface area contributed by atoms with Crippen LogP contribution >= 0.6 is 15.9 Å². The average molecular weight is 317 g/mol. The minimum Gasteiger partial charge on any atom is -0.436 e. The number of anilines is 1. The predicted molar refractivity (Wildman–Crippen MR) is 81.3 cm³/mol. The second-order valence-corrected chi connectivity index (χ2v) is 5.16. The molecule has 2 aromatic carbocycles. The van der Waals surface area contributed by atoms with Crippen molar-refractivity contribution in [3.8, 4) is 11.5 Å². The lowest BCUT2D eigenvalue weighted by Crippen LogP contribution is -1.95. The largest absolute Gasteiger partial charge is 0.436 e. The molecule has 0 aliphatic heterocycles. The van der Waals surface area contributed by atoms with Gasteiger partial charge in [0.1, 0.15) is 5.52 Å². The molecule has 1 aromatic heterocycles. The van der Waals surface area contributed by atoms with Gasteiger partial charge in [0, 0.05) is 22.3 Å². The maximum absolute atomic E-state index is 5.78. The second kappa shape index (κ2) is 5.05. The van der Waals surface area contributed by atoms with Crippen LogP contribution in [0.2, 0.25) is 0 Å². The van der Waals surface area contributed by atoms with Gasteiger partial charge in [-0.25, -0.2) is 4.98 Å². The maximum Gasteiger partial charge on any atom is 0.227 e. The molecular weight excluding hydrogens is 304 g/mol. The molecule has 3 nitrogen and oxygen atoms in total. The lowest BCUT2D eigenvalue weighted by atomic mass is 10.2. The summed E-state index contributed by atoms with van der Waals surface area (Å²) in [6.07, 6.45) is 0. The van der Waals surface area contributed by atoms with Crippen LogP contribution in [0.15, 0.2) is 51.4 Å². The molecular formula is C15H13BrN2O. The molecule has 0 amide bonds. The Morgan fingerprint density at radius 2 is 2.11 bits per heavy atom. The van der Waals surface area contributed by atoms with Crippen LogP contribution in [-0.2, 0) is 0 Å². The topological polar surface area (TPSA) is 38.1 Å². The molecule has 0 unspecified atom stereocenters. The molecule has 0 atom stereocenters. The number of oxazole rings is 1. The van der Waals surface area contributed by atoms with Gasteiger partial charge in [0.05, 0.1) is 0 Å². The van der Waals surface area contributed by atoms with Gasteiger partial charge in [-0.2, -0.15) is 0 Å². The molecule has 0 aliphatic rings. The normalized spacial score (nSPS) is 10.8. The Bertz CT molecular complexity index is 721. The molecule has 0 aliphatic carbocycles. The van der Waals surface area contributed by atoms with E-state index < -0.39 is 0 Å². The van der Waals surface area contributed by atoms with Crippen molar-refractivity contribution >= 4 is 32.7 Å². The van der Waals surface area contributed by atoms with Gasteiger partial charge in [-0.15, -0.1) is 0 Å². The van der Waals surface area contributed by atoms with E-state index in [1.807, 2.05) is 42.5 Å². The van der Waals surface area contributed by atoms with Crippen LogP contribution in [-0.4, -0.2) is 11.5 Å². The molecule has 0 bridgehead atoms. The van der Waals surface area contributed by atoms with Crippen LogP contribution < -0.4 is 5.32 Å². The quantitative estimate of drug-likeness (QED) is 0.761. The molecule has 3 rings (SSSR count). The lowest BCUT2D eigenvalue weighted by molar-refractivity contribution is 0.620. The first-order chi connectivity index (χ1) is 9.26. The minimum atomic E-state index is 0.643. The monoisotopic (exact) mass is 316 g/mol. The Morgan fingerprint density at radius 1 is 1.21 bits per heavy atom. The lowest BCUT2D eigenvalue weighted by Gasteiger charge is -2.00. The van der Waals surface area contributed by atoms with Gasteiger partial charge >= 0.3 is 0 Å². The van der Waals surface area contributed by atoms with Crippen LogP contribution in [0.25, 0.3) is 22.6 Å². The second-order valence-electron chi connectivity index (χ2n) is 4.24. The Morgan fingerprint density at radius 3 is 2.89 bits per heavy atom. The van der Waals surface area contributed by atoms with Crippen molar-refractivity contribution in [2.24, 2.45) is 0 Å². The highest BCUT2D eigenvalue weighted by Gasteiger charge is 2.08. The van der Waals surface area contributed by atoms with Crippen molar-refractivity contribution in [3.05, 3.63) is 46.9 Å². The van der Waals surface area contributed by atoms with Crippen molar-refractivity contribution in [1.82, 2.24) is 4.98 Å². The van der Waals surface area contributed by atoms with Crippen molar-refractivity contribution in [3.63, 3.8) is 0 Å². The SMILES string of the molecule is CCNc1ccc2oc(-c3cccc(Br)c3)nc2c1. The van der Waals surface area contributed by atoms with Gasteiger partial charge in [0.2, 0.25) is 5.89 Å². The molecule has 3 aromatic rings. The highest BCUT2D eigenvalue weighted by Crippen LogP contribution is 2.27. The first kappa shape index (κ1) is 12.2. The van der Waals surface area contributed by atoms with E-state index >= 15 is 0 Å². The molecule has 0 spiro atoms. The molecule has 4 heteroatoms. The van der Waals surface area contributed by atoms with E-state index in [-0.39, 0.29) is 0 Å². The third-order valence-corrected chi connectivity index (χ3v) is 3.33. The molecule has 0 fully saturated rings. The fourth-order valence-corrected chi connectivity index (χ4v) is 2.39. The van der Waals surface area contributed by atoms with E-state index in [4.69, 9.17) is 4.42 Å². The number of hydrogen-bond acceptors (Lipinski definition) is 3. The number of benzene rings is 2. The smallest absolute Gasteiger partial charge is 0.227 e. The number of rotatable bonds is 3. The zero-order valence-corrected chi connectivity index (χ0v) is 12.1. The first-order valence-electron chi connectivity index (χ1n) is 6.16. The van der Waals surface area contributed by atoms with Gasteiger partial charge in [0.25, 0.3) is 0 Å². The number of nitrogens with one attached hydrogen (secondary N) is 1. The van der Waals surface area contributed by atoms with E-state index in [9.17, 15) is 0 Å². The van der Waals surface area contributed by atoms with Gasteiger partial charge in [-0.05, 0) is 43.3 Å². The van der Waals surface area contributed by atoms with Crippen LogP contribution in [0.4, 0.5) is 5.69 Å². The summed E-state index contributed by atoms with van der Waals surface area (Å²) in [7, 11) is 0. The zero-order valence-electron chi connectivity index (χ0n) is 10.5. The molecule has 0 saturated heterocycles. The third-order valence-electron chi connectivity index (χ3n) is 2.84. The first-order valence-corrected chi connectivity index (χ1v) is 6.96. The van der Waals surface area contributed by atoms with Crippen LogP contribution in [0, 0.1) is 0 Å². The number of fused-ring (bicyclic) bond motifs is 1. The Kier molecular flexibility index (Phi) is 3.25. The molecule has 19 heavy (non-hydrogen) atoms. The van der Waals surface area contributed by atoms with Crippen LogP contribution in [0.5, 0.6) is 0 Å². The number of halogens is 1. The summed E-state index contributed by atoms with van der Waals surface area (Å²) in [5, 5.41) is 3.27. The summed E-state index contributed by atoms with van der Waals surface area (Å²) in [5.41, 5.74) is 3.70. The van der Waals surface area contributed by atoms with Crippen molar-refractivity contribution < 1.29 is 4.42 Å². The fraction of sp³-hybridized carbons (Fsp3) is 0.133. The fourth-order valence-electron chi connectivity index (χ4n) is 1.99. The maximum atomic E-state index is 5.78. The predicted octanol–water partition coefficient (Wildman–Crippen LogP) is 4.69. The van der Waals surface area contributed by atoms with E-state index in [1.165, 1.54) is 0 Å². The minimum absolute atomic E-state index is 0.643. The summed E-state index contributed by atoms with van der Waals surface area (Å²) in [6, 6.07) is 13.9. The molecule has 1 heterocycles. The summed E-state index contributed by atoms with van der Waals surface area (Å²) in [5.74, 6) is 0.643. The van der Waals surface area contributed by atoms with E-state index in [0.29, 0.717) is 5.89 Å². The zero-order chi connectivity index (χ0) is 13.2. The van der Waals surface area contributed by atoms with Crippen molar-refractivity contribution in [2.75, 3.05) is 11.9 Å². The highest BCUT2D eigenvalue weighted by molar-refractivity contribution is 9.10. The Labute approximate surface area is 119 Å². The number of aromatic nitrogens is 1. The van der Waals surface area contributed by atoms with Crippen molar-refractivity contribution in [1.29, 1.82) is 0 Å². The summed E-state index contributed by atoms with van der Waals surface area (Å²) < 4.78 is 6.80. The number of nitrogens with zero attached hydrogens (tertiary/aromatic N) is 1. The van der Waals surface area contributed by atoms with Crippen LogP contribution in [0.1, 0.15) is 6.92 Å². The molecule has 0 saturated carbocycles. The van der Waals surface area contributed by atoms with Gasteiger partial charge in [-0.1, -0.05) is 22.0 Å². The standard InChI is InChI=1S/C15H13BrN2O/c1-2-17-12-6-7-14-13(9-12)18-15(19-14)10-4-3-5-11(16)8-10/h3-9,17H,2H2,1H3. The number of hydrogen-bond donors (Lipinski definition) is 1. The van der Waals surface area contributed by atoms with Gasteiger partial charge in [-0.3, -0.25) is 0 Å². The van der Waals surface area contributed by atoms with E-state index in [1.54, 1.807) is 0 Å². The summed E-state index contributed by atoms with van der Waals surface area (Å²) in [6.45, 7) is 2.96. The van der Waals surface area contributed by atoms with Crippen LogP contribution in [0.3, 0.4) is 0 Å². The summed E-state index contributed by atoms with van der Waals surface area (Å²) in [4.78, 5) is 4.54. The van der Waals surface area contributed by atoms with E-state index in [0.717, 1.165) is 33.4 Å². The third kappa shape index (κ3) is 2.49. The Hall–Kier alpha value is -1.81. The van der Waals surface area contributed by atoms with Gasteiger partial charge in [0.15, 0.2) is 5.58 Å². The highest BCUT2D eigenvalue weighted by atomic mass is 79.9. The Balaban J connectivity index is 2.06. The van der Waals surface area contributed by atoms with Crippen molar-refractivity contribution in [2.45, 2.75) is 6.92 Å². The van der Waals surface area contributed by atoms with E-state index in [2.05, 4.69) is 33.2 Å². The molecule has 0 radical (unpaired) electrons. The molecule has 96 valence electrons. The average Bonchev–Trinajstić information content (AvgIpc) is 2.82. The van der Waals surface area contributed by atoms with Gasteiger partial charge < -0.3 is 9.73 Å². The molecule has 1 N–H and O–H groups in total. The summed E-state index contributed by atoms with van der Waals surface area (Å²) >= 11 is 3.46.